The Morgan fingerprint density at radius 1 is 1.56 bits per heavy atom. The average molecular weight is 251 g/mol. The summed E-state index contributed by atoms with van der Waals surface area (Å²) < 4.78 is 14.7. The monoisotopic (exact) mass is 251 g/mol. The molecule has 0 aliphatic heterocycles. The molecule has 0 unspecified atom stereocenters. The number of hydrogen-bond acceptors (Lipinski definition) is 3. The number of fused-ring (bicyclic) bond motifs is 1. The number of aromatic nitrogens is 2. The molecule has 1 aromatic heterocycles. The summed E-state index contributed by atoms with van der Waals surface area (Å²) in [6, 6.07) is 4.16. The van der Waals surface area contributed by atoms with E-state index in [9.17, 15) is 9.18 Å². The number of carbonyl (C=O) groups is 1. The number of halogens is 1. The van der Waals surface area contributed by atoms with Crippen LogP contribution in [0.4, 0.5) is 10.3 Å². The molecule has 0 saturated carbocycles. The van der Waals surface area contributed by atoms with Crippen molar-refractivity contribution in [3.8, 4) is 0 Å². The van der Waals surface area contributed by atoms with E-state index in [2.05, 4.69) is 4.98 Å². The zero-order valence-corrected chi connectivity index (χ0v) is 10.2. The lowest BCUT2D eigenvalue weighted by Gasteiger charge is -2.16. The molecule has 2 aromatic rings. The number of anilines is 1. The fourth-order valence-electron chi connectivity index (χ4n) is 1.81. The van der Waals surface area contributed by atoms with Gasteiger partial charge in [0, 0.05) is 19.7 Å². The molecule has 0 fully saturated rings. The Bertz CT molecular complexity index is 594. The van der Waals surface area contributed by atoms with Gasteiger partial charge in [-0.05, 0) is 19.1 Å². The van der Waals surface area contributed by atoms with Crippen molar-refractivity contribution in [2.45, 2.75) is 13.5 Å². The van der Waals surface area contributed by atoms with Crippen LogP contribution in [-0.4, -0.2) is 34.2 Å². The molecule has 5 nitrogen and oxygen atoms in total. The molecule has 0 bridgehead atoms. The van der Waals surface area contributed by atoms with Crippen molar-refractivity contribution in [1.29, 1.82) is 0 Å². The van der Waals surface area contributed by atoms with Crippen molar-refractivity contribution in [2.75, 3.05) is 18.5 Å². The van der Waals surface area contributed by atoms with Crippen molar-refractivity contribution in [2.24, 2.45) is 0 Å². The number of aliphatic carboxylic acids is 1. The highest BCUT2D eigenvalue weighted by atomic mass is 19.1. The van der Waals surface area contributed by atoms with Gasteiger partial charge in [-0.25, -0.2) is 9.37 Å². The first-order valence-electron chi connectivity index (χ1n) is 5.61. The Hall–Kier alpha value is -2.11. The van der Waals surface area contributed by atoms with Gasteiger partial charge >= 0.3 is 5.97 Å². The third-order valence-electron chi connectivity index (χ3n) is 2.80. The van der Waals surface area contributed by atoms with Crippen molar-refractivity contribution in [1.82, 2.24) is 9.55 Å². The Kier molecular flexibility index (Phi) is 3.18. The molecule has 0 amide bonds. The lowest BCUT2D eigenvalue weighted by atomic mass is 10.3. The van der Waals surface area contributed by atoms with Crippen LogP contribution in [-0.2, 0) is 11.3 Å². The van der Waals surface area contributed by atoms with E-state index in [1.165, 1.54) is 12.1 Å². The third-order valence-corrected chi connectivity index (χ3v) is 2.80. The minimum atomic E-state index is -0.954. The van der Waals surface area contributed by atoms with Gasteiger partial charge in [0.15, 0.2) is 0 Å². The van der Waals surface area contributed by atoms with Gasteiger partial charge in [-0.15, -0.1) is 0 Å². The number of benzene rings is 1. The van der Waals surface area contributed by atoms with Gasteiger partial charge in [-0.1, -0.05) is 0 Å². The van der Waals surface area contributed by atoms with E-state index < -0.39 is 5.97 Å². The topological polar surface area (TPSA) is 58.4 Å². The molecule has 18 heavy (non-hydrogen) atoms. The second kappa shape index (κ2) is 4.64. The number of imidazole rings is 1. The van der Waals surface area contributed by atoms with Gasteiger partial charge in [0.1, 0.15) is 12.4 Å². The summed E-state index contributed by atoms with van der Waals surface area (Å²) in [4.78, 5) is 17.0. The van der Waals surface area contributed by atoms with Gasteiger partial charge in [0.25, 0.3) is 0 Å². The normalized spacial score (nSPS) is 10.8. The zero-order chi connectivity index (χ0) is 13.3. The van der Waals surface area contributed by atoms with Crippen LogP contribution in [0.15, 0.2) is 18.2 Å². The zero-order valence-electron chi connectivity index (χ0n) is 10.2. The number of nitrogens with zero attached hydrogens (tertiary/aromatic N) is 3. The molecule has 96 valence electrons. The minimum absolute atomic E-state index is 0.193. The number of rotatable bonds is 4. The van der Waals surface area contributed by atoms with Gasteiger partial charge < -0.3 is 10.0 Å². The van der Waals surface area contributed by atoms with Gasteiger partial charge in [-0.3, -0.25) is 9.36 Å². The van der Waals surface area contributed by atoms with E-state index in [0.29, 0.717) is 23.5 Å². The quantitative estimate of drug-likeness (QED) is 0.898. The molecule has 1 heterocycles. The van der Waals surface area contributed by atoms with Crippen LogP contribution < -0.4 is 4.90 Å². The molecule has 0 aliphatic rings. The fraction of sp³-hybridized carbons (Fsp3) is 0.333. The van der Waals surface area contributed by atoms with Gasteiger partial charge in [0.05, 0.1) is 11.0 Å². The van der Waals surface area contributed by atoms with Gasteiger partial charge in [0.2, 0.25) is 5.95 Å². The Morgan fingerprint density at radius 2 is 2.28 bits per heavy atom. The van der Waals surface area contributed by atoms with E-state index in [4.69, 9.17) is 5.11 Å². The number of hydrogen-bond donors (Lipinski definition) is 1. The first-order chi connectivity index (χ1) is 8.52. The van der Waals surface area contributed by atoms with Crippen molar-refractivity contribution in [3.63, 3.8) is 0 Å². The maximum atomic E-state index is 13.1. The maximum absolute atomic E-state index is 13.1. The fourth-order valence-corrected chi connectivity index (χ4v) is 1.81. The van der Waals surface area contributed by atoms with Crippen molar-refractivity contribution in [3.05, 3.63) is 24.0 Å². The first-order valence-corrected chi connectivity index (χ1v) is 5.61. The SMILES string of the molecule is CCN(C)c1nc2cc(F)ccc2n1CC(=O)O. The Labute approximate surface area is 103 Å². The van der Waals surface area contributed by atoms with Crippen LogP contribution in [0.25, 0.3) is 11.0 Å². The van der Waals surface area contributed by atoms with E-state index in [1.54, 1.807) is 10.6 Å². The van der Waals surface area contributed by atoms with Crippen LogP contribution in [0.2, 0.25) is 0 Å². The third kappa shape index (κ3) is 2.13. The molecule has 0 radical (unpaired) electrons. The predicted molar refractivity (Wildman–Crippen MR) is 66.3 cm³/mol. The van der Waals surface area contributed by atoms with Crippen molar-refractivity contribution < 1.29 is 14.3 Å². The Morgan fingerprint density at radius 3 is 2.89 bits per heavy atom. The second-order valence-corrected chi connectivity index (χ2v) is 4.04. The van der Waals surface area contributed by atoms with Crippen LogP contribution in [0, 0.1) is 5.82 Å². The van der Waals surface area contributed by atoms with Crippen LogP contribution in [0.5, 0.6) is 0 Å². The summed E-state index contributed by atoms with van der Waals surface area (Å²) in [6.45, 7) is 2.43. The minimum Gasteiger partial charge on any atom is -0.480 e. The highest BCUT2D eigenvalue weighted by molar-refractivity contribution is 5.81. The summed E-state index contributed by atoms with van der Waals surface area (Å²) in [5, 5.41) is 8.94. The van der Waals surface area contributed by atoms with Crippen molar-refractivity contribution >= 4 is 23.0 Å². The van der Waals surface area contributed by atoms with Crippen LogP contribution >= 0.6 is 0 Å². The maximum Gasteiger partial charge on any atom is 0.323 e. The molecule has 1 N–H and O–H groups in total. The van der Waals surface area contributed by atoms with E-state index in [-0.39, 0.29) is 12.4 Å². The molecular formula is C12H14FN3O2. The molecule has 0 atom stereocenters. The molecule has 0 aliphatic carbocycles. The van der Waals surface area contributed by atoms with Crippen LogP contribution in [0.1, 0.15) is 6.92 Å². The molecule has 0 spiro atoms. The largest absolute Gasteiger partial charge is 0.480 e. The predicted octanol–water partition coefficient (Wildman–Crippen LogP) is 1.72. The average Bonchev–Trinajstić information content (AvgIpc) is 2.65. The Balaban J connectivity index is 2.63. The lowest BCUT2D eigenvalue weighted by Crippen LogP contribution is -2.22. The summed E-state index contributed by atoms with van der Waals surface area (Å²) in [5.41, 5.74) is 1.08. The highest BCUT2D eigenvalue weighted by Crippen LogP contribution is 2.22. The molecule has 0 saturated heterocycles. The van der Waals surface area contributed by atoms with Gasteiger partial charge in [-0.2, -0.15) is 0 Å². The van der Waals surface area contributed by atoms with E-state index >= 15 is 0 Å². The standard InChI is InChI=1S/C12H14FN3O2/c1-3-15(2)12-14-9-6-8(13)4-5-10(9)16(12)7-11(17)18/h4-6H,3,7H2,1-2H3,(H,17,18). The second-order valence-electron chi connectivity index (χ2n) is 4.04. The lowest BCUT2D eigenvalue weighted by molar-refractivity contribution is -0.137. The van der Waals surface area contributed by atoms with E-state index in [1.807, 2.05) is 18.9 Å². The summed E-state index contributed by atoms with van der Waals surface area (Å²) in [5.74, 6) is -0.807. The number of carboxylic acid groups (broad SMARTS) is 1. The smallest absolute Gasteiger partial charge is 0.323 e. The highest BCUT2D eigenvalue weighted by Gasteiger charge is 2.15. The molecular weight excluding hydrogens is 237 g/mol. The van der Waals surface area contributed by atoms with Crippen LogP contribution in [0.3, 0.4) is 0 Å². The first kappa shape index (κ1) is 12.3. The molecule has 1 aromatic carbocycles. The molecule has 6 heteroatoms. The van der Waals surface area contributed by atoms with E-state index in [0.717, 1.165) is 0 Å². The summed E-state index contributed by atoms with van der Waals surface area (Å²) >= 11 is 0. The molecule has 2 rings (SSSR count). The summed E-state index contributed by atoms with van der Waals surface area (Å²) in [7, 11) is 1.82. The number of carboxylic acids is 1. The summed E-state index contributed by atoms with van der Waals surface area (Å²) in [6.07, 6.45) is 0.